The molecule has 0 bridgehead atoms. The van der Waals surface area contributed by atoms with Crippen molar-refractivity contribution in [1.29, 1.82) is 5.26 Å². The fourth-order valence-corrected chi connectivity index (χ4v) is 3.63. The van der Waals surface area contributed by atoms with E-state index in [0.29, 0.717) is 22.4 Å². The van der Waals surface area contributed by atoms with E-state index in [1.807, 2.05) is 6.07 Å². The standard InChI is InChI=1S/C17H12BrFN6O2/c1-2-23-12(26)8-25-15(27)13-14(22-17(23)25)24(16(18)21-13)7-10-5-11(19)4-3-9(10)6-20/h3-5H,2,7-8H2,1H3. The van der Waals surface area contributed by atoms with Gasteiger partial charge in [0.05, 0.1) is 18.2 Å². The largest absolute Gasteiger partial charge is 0.298 e. The number of amides is 1. The molecule has 27 heavy (non-hydrogen) atoms. The Bertz CT molecular complexity index is 1210. The molecule has 1 amide bonds. The van der Waals surface area contributed by atoms with Crippen LogP contribution in [0.2, 0.25) is 0 Å². The number of imidazole rings is 1. The van der Waals surface area contributed by atoms with E-state index in [1.54, 1.807) is 11.5 Å². The first-order valence-corrected chi connectivity index (χ1v) is 8.89. The van der Waals surface area contributed by atoms with Crippen LogP contribution in [0, 0.1) is 17.1 Å². The zero-order chi connectivity index (χ0) is 19.3. The third-order valence-electron chi connectivity index (χ3n) is 4.46. The molecular weight excluding hydrogens is 419 g/mol. The van der Waals surface area contributed by atoms with Gasteiger partial charge in [-0.2, -0.15) is 10.2 Å². The molecule has 0 atom stereocenters. The summed E-state index contributed by atoms with van der Waals surface area (Å²) >= 11 is 3.31. The van der Waals surface area contributed by atoms with Gasteiger partial charge in [-0.1, -0.05) is 0 Å². The lowest BCUT2D eigenvalue weighted by Gasteiger charge is -2.13. The van der Waals surface area contributed by atoms with Crippen molar-refractivity contribution in [3.8, 4) is 6.07 Å². The zero-order valence-electron chi connectivity index (χ0n) is 14.1. The number of aromatic nitrogens is 4. The number of rotatable bonds is 3. The van der Waals surface area contributed by atoms with Crippen molar-refractivity contribution in [2.24, 2.45) is 0 Å². The van der Waals surface area contributed by atoms with E-state index in [0.717, 1.165) is 0 Å². The number of anilines is 1. The average Bonchev–Trinajstić information content (AvgIpc) is 3.13. The molecule has 1 aliphatic rings. The number of carbonyl (C=O) groups is 1. The average molecular weight is 431 g/mol. The van der Waals surface area contributed by atoms with Crippen LogP contribution in [-0.4, -0.2) is 31.6 Å². The summed E-state index contributed by atoms with van der Waals surface area (Å²) in [6, 6.07) is 5.90. The maximum Gasteiger partial charge on any atom is 0.283 e. The minimum atomic E-state index is -0.471. The maximum absolute atomic E-state index is 13.7. The first kappa shape index (κ1) is 17.4. The minimum absolute atomic E-state index is 0.0715. The highest BCUT2D eigenvalue weighted by Gasteiger charge is 2.31. The number of benzene rings is 1. The highest BCUT2D eigenvalue weighted by Crippen LogP contribution is 2.24. The highest BCUT2D eigenvalue weighted by molar-refractivity contribution is 9.10. The molecule has 0 saturated heterocycles. The Hall–Kier alpha value is -3.06. The number of likely N-dealkylation sites (N-methyl/N-ethyl adjacent to an activating group) is 1. The van der Waals surface area contributed by atoms with Gasteiger partial charge in [-0.25, -0.2) is 9.37 Å². The Kier molecular flexibility index (Phi) is 4.04. The van der Waals surface area contributed by atoms with Crippen molar-refractivity contribution >= 4 is 38.9 Å². The lowest BCUT2D eigenvalue weighted by molar-refractivity contribution is -0.118. The van der Waals surface area contributed by atoms with Crippen LogP contribution in [0.5, 0.6) is 0 Å². The molecular formula is C17H12BrFN6O2. The molecule has 3 aromatic rings. The van der Waals surface area contributed by atoms with Crippen molar-refractivity contribution < 1.29 is 9.18 Å². The molecule has 0 fully saturated rings. The van der Waals surface area contributed by atoms with Gasteiger partial charge in [-0.3, -0.25) is 23.6 Å². The topological polar surface area (TPSA) is 96.8 Å². The van der Waals surface area contributed by atoms with E-state index in [-0.39, 0.29) is 36.1 Å². The second-order valence-corrected chi connectivity index (χ2v) is 6.70. The number of halogens is 2. The highest BCUT2D eigenvalue weighted by atomic mass is 79.9. The molecule has 0 aliphatic carbocycles. The molecule has 0 saturated carbocycles. The van der Waals surface area contributed by atoms with Gasteiger partial charge in [0.15, 0.2) is 15.9 Å². The van der Waals surface area contributed by atoms with E-state index < -0.39 is 11.4 Å². The van der Waals surface area contributed by atoms with E-state index in [1.165, 1.54) is 27.7 Å². The molecule has 0 N–H and O–H groups in total. The van der Waals surface area contributed by atoms with Gasteiger partial charge in [0.1, 0.15) is 12.4 Å². The van der Waals surface area contributed by atoms with Crippen LogP contribution in [0.25, 0.3) is 11.2 Å². The Balaban J connectivity index is 1.92. The third-order valence-corrected chi connectivity index (χ3v) is 5.06. The Labute approximate surface area is 160 Å². The molecule has 3 heterocycles. The van der Waals surface area contributed by atoms with Crippen molar-refractivity contribution in [2.75, 3.05) is 11.4 Å². The second kappa shape index (κ2) is 6.28. The first-order chi connectivity index (χ1) is 12.9. The van der Waals surface area contributed by atoms with Gasteiger partial charge in [-0.15, -0.1) is 0 Å². The third kappa shape index (κ3) is 2.62. The molecule has 1 aliphatic heterocycles. The monoisotopic (exact) mass is 430 g/mol. The Morgan fingerprint density at radius 1 is 1.33 bits per heavy atom. The number of hydrogen-bond donors (Lipinski definition) is 0. The van der Waals surface area contributed by atoms with Crippen LogP contribution in [0.3, 0.4) is 0 Å². The molecule has 0 unspecified atom stereocenters. The quantitative estimate of drug-likeness (QED) is 0.589. The van der Waals surface area contributed by atoms with Gasteiger partial charge in [0.25, 0.3) is 5.56 Å². The summed E-state index contributed by atoms with van der Waals surface area (Å²) in [5, 5.41) is 9.27. The molecule has 0 radical (unpaired) electrons. The second-order valence-electron chi connectivity index (χ2n) is 5.99. The Morgan fingerprint density at radius 3 is 2.81 bits per heavy atom. The van der Waals surface area contributed by atoms with E-state index >= 15 is 0 Å². The molecule has 136 valence electrons. The van der Waals surface area contributed by atoms with Gasteiger partial charge >= 0.3 is 0 Å². The predicted molar refractivity (Wildman–Crippen MR) is 97.7 cm³/mol. The van der Waals surface area contributed by atoms with Crippen molar-refractivity contribution in [2.45, 2.75) is 20.0 Å². The summed E-state index contributed by atoms with van der Waals surface area (Å²) < 4.78 is 16.8. The minimum Gasteiger partial charge on any atom is -0.298 e. The maximum atomic E-state index is 13.7. The van der Waals surface area contributed by atoms with E-state index in [4.69, 9.17) is 0 Å². The molecule has 4 rings (SSSR count). The van der Waals surface area contributed by atoms with Gasteiger partial charge < -0.3 is 0 Å². The van der Waals surface area contributed by atoms with E-state index in [2.05, 4.69) is 25.9 Å². The summed E-state index contributed by atoms with van der Waals surface area (Å²) in [5.41, 5.74) is 0.695. The number of nitrogens with zero attached hydrogens (tertiary/aromatic N) is 6. The molecule has 8 nitrogen and oxygen atoms in total. The Morgan fingerprint density at radius 2 is 2.11 bits per heavy atom. The van der Waals surface area contributed by atoms with Crippen molar-refractivity contribution in [1.82, 2.24) is 19.1 Å². The van der Waals surface area contributed by atoms with E-state index in [9.17, 15) is 19.2 Å². The van der Waals surface area contributed by atoms with Gasteiger partial charge in [-0.05, 0) is 46.6 Å². The number of nitriles is 1. The van der Waals surface area contributed by atoms with Crippen molar-refractivity contribution in [3.63, 3.8) is 0 Å². The molecule has 10 heteroatoms. The summed E-state index contributed by atoms with van der Waals surface area (Å²) in [6.07, 6.45) is 0. The van der Waals surface area contributed by atoms with Crippen LogP contribution in [-0.2, 0) is 17.9 Å². The summed E-state index contributed by atoms with van der Waals surface area (Å²) in [5.74, 6) is -0.424. The number of hydrogen-bond acceptors (Lipinski definition) is 5. The fourth-order valence-electron chi connectivity index (χ4n) is 3.16. The zero-order valence-corrected chi connectivity index (χ0v) is 15.7. The summed E-state index contributed by atoms with van der Waals surface area (Å²) in [4.78, 5) is 35.0. The van der Waals surface area contributed by atoms with Crippen LogP contribution in [0.4, 0.5) is 10.3 Å². The lowest BCUT2D eigenvalue weighted by atomic mass is 10.1. The molecule has 2 aromatic heterocycles. The lowest BCUT2D eigenvalue weighted by Crippen LogP contribution is -2.26. The molecule has 0 spiro atoms. The normalized spacial score (nSPS) is 13.3. The van der Waals surface area contributed by atoms with Gasteiger partial charge in [0, 0.05) is 6.54 Å². The fraction of sp³-hybridized carbons (Fsp3) is 0.235. The van der Waals surface area contributed by atoms with Crippen LogP contribution >= 0.6 is 15.9 Å². The summed E-state index contributed by atoms with van der Waals surface area (Å²) in [7, 11) is 0. The first-order valence-electron chi connectivity index (χ1n) is 8.10. The smallest absolute Gasteiger partial charge is 0.283 e. The van der Waals surface area contributed by atoms with Crippen LogP contribution in [0.15, 0.2) is 27.7 Å². The number of fused-ring (bicyclic) bond motifs is 2. The van der Waals surface area contributed by atoms with Gasteiger partial charge in [0.2, 0.25) is 11.9 Å². The van der Waals surface area contributed by atoms with Crippen molar-refractivity contribution in [3.05, 3.63) is 50.2 Å². The summed E-state index contributed by atoms with van der Waals surface area (Å²) in [6.45, 7) is 2.20. The SMILES string of the molecule is CCN1C(=O)Cn2c1nc1c(nc(Br)n1Cc1cc(F)ccc1C#N)c2=O. The molecule has 1 aromatic carbocycles. The predicted octanol–water partition coefficient (Wildman–Crippen LogP) is 1.78. The number of carbonyl (C=O) groups excluding carboxylic acids is 1. The van der Waals surface area contributed by atoms with Crippen LogP contribution < -0.4 is 10.5 Å². The van der Waals surface area contributed by atoms with Crippen LogP contribution in [0.1, 0.15) is 18.1 Å².